The fourth-order valence-corrected chi connectivity index (χ4v) is 1.33. The lowest BCUT2D eigenvalue weighted by molar-refractivity contribution is 0.0747. The van der Waals surface area contributed by atoms with Crippen LogP contribution in [0.25, 0.3) is 0 Å². The Labute approximate surface area is 91.3 Å². The smallest absolute Gasteiger partial charge is 0.0715 e. The van der Waals surface area contributed by atoms with Crippen LogP contribution < -0.4 is 5.32 Å². The van der Waals surface area contributed by atoms with Crippen LogP contribution in [-0.4, -0.2) is 33.1 Å². The number of nitrogens with zero attached hydrogens (tertiary/aromatic N) is 2. The highest BCUT2D eigenvalue weighted by Gasteiger charge is 2.18. The fraction of sp³-hybridized carbons (Fsp3) is 0.727. The Morgan fingerprint density at radius 1 is 1.47 bits per heavy atom. The number of aromatic nitrogens is 2. The van der Waals surface area contributed by atoms with Gasteiger partial charge in [0.2, 0.25) is 0 Å². The maximum Gasteiger partial charge on any atom is 0.0715 e. The Morgan fingerprint density at radius 3 is 2.60 bits per heavy atom. The van der Waals surface area contributed by atoms with Crippen molar-refractivity contribution in [2.24, 2.45) is 0 Å². The van der Waals surface area contributed by atoms with Gasteiger partial charge in [-0.1, -0.05) is 0 Å². The highest BCUT2D eigenvalue weighted by Crippen LogP contribution is 2.09. The van der Waals surface area contributed by atoms with E-state index in [1.807, 2.05) is 16.9 Å². The molecular formula is C11H21N3O. The molecule has 4 nitrogen and oxygen atoms in total. The van der Waals surface area contributed by atoms with Crippen molar-refractivity contribution >= 4 is 0 Å². The maximum atomic E-state index is 9.59. The Morgan fingerprint density at radius 2 is 2.13 bits per heavy atom. The van der Waals surface area contributed by atoms with Gasteiger partial charge in [-0.3, -0.25) is 4.68 Å². The molecule has 0 saturated carbocycles. The van der Waals surface area contributed by atoms with E-state index in [1.165, 1.54) is 0 Å². The summed E-state index contributed by atoms with van der Waals surface area (Å²) in [6.45, 7) is 8.38. The Bertz CT molecular complexity index is 277. The molecule has 0 amide bonds. The van der Waals surface area contributed by atoms with Crippen LogP contribution in [-0.2, 0) is 0 Å². The number of aliphatic hydroxyl groups is 1. The van der Waals surface area contributed by atoms with Crippen LogP contribution in [0.15, 0.2) is 18.5 Å². The molecule has 0 fully saturated rings. The average Bonchev–Trinajstić information content (AvgIpc) is 2.64. The number of hydrogen-bond acceptors (Lipinski definition) is 3. The molecule has 1 aromatic heterocycles. The Hall–Kier alpha value is -0.870. The second-order valence-corrected chi connectivity index (χ2v) is 4.71. The first-order chi connectivity index (χ1) is 6.90. The van der Waals surface area contributed by atoms with E-state index in [9.17, 15) is 5.11 Å². The lowest BCUT2D eigenvalue weighted by atomic mass is 10.1. The van der Waals surface area contributed by atoms with Crippen LogP contribution in [0.4, 0.5) is 0 Å². The first-order valence-corrected chi connectivity index (χ1v) is 5.35. The van der Waals surface area contributed by atoms with Crippen molar-refractivity contribution in [2.45, 2.75) is 45.4 Å². The zero-order chi connectivity index (χ0) is 11.5. The van der Waals surface area contributed by atoms with Crippen molar-refractivity contribution in [1.29, 1.82) is 0 Å². The largest absolute Gasteiger partial charge is 0.389 e. The van der Waals surface area contributed by atoms with E-state index in [4.69, 9.17) is 0 Å². The molecule has 2 atom stereocenters. The van der Waals surface area contributed by atoms with Gasteiger partial charge >= 0.3 is 0 Å². The first-order valence-electron chi connectivity index (χ1n) is 5.35. The molecule has 0 saturated heterocycles. The third-order valence-corrected chi connectivity index (χ3v) is 2.52. The van der Waals surface area contributed by atoms with Gasteiger partial charge in [-0.05, 0) is 33.8 Å². The lowest BCUT2D eigenvalue weighted by Gasteiger charge is -2.25. The van der Waals surface area contributed by atoms with Gasteiger partial charge in [-0.25, -0.2) is 0 Å². The van der Waals surface area contributed by atoms with Crippen molar-refractivity contribution in [1.82, 2.24) is 15.1 Å². The van der Waals surface area contributed by atoms with Crippen LogP contribution in [0, 0.1) is 0 Å². The summed E-state index contributed by atoms with van der Waals surface area (Å²) < 4.78 is 1.92. The van der Waals surface area contributed by atoms with Crippen LogP contribution in [0.2, 0.25) is 0 Å². The van der Waals surface area contributed by atoms with E-state index >= 15 is 0 Å². The van der Waals surface area contributed by atoms with Crippen LogP contribution >= 0.6 is 0 Å². The lowest BCUT2D eigenvalue weighted by Crippen LogP contribution is -2.42. The van der Waals surface area contributed by atoms with E-state index in [2.05, 4.69) is 24.3 Å². The van der Waals surface area contributed by atoms with E-state index in [-0.39, 0.29) is 12.1 Å². The molecule has 0 aromatic carbocycles. The molecule has 1 rings (SSSR count). The van der Waals surface area contributed by atoms with Crippen LogP contribution in [0.5, 0.6) is 0 Å². The Balaban J connectivity index is 2.44. The summed E-state index contributed by atoms with van der Waals surface area (Å²) in [4.78, 5) is 0. The molecule has 1 heterocycles. The topological polar surface area (TPSA) is 50.1 Å². The summed E-state index contributed by atoms with van der Waals surface area (Å²) in [7, 11) is 0. The predicted octanol–water partition coefficient (Wildman–Crippen LogP) is 1.19. The van der Waals surface area contributed by atoms with E-state index in [0.29, 0.717) is 6.54 Å². The molecule has 1 aromatic rings. The number of hydrogen-bond donors (Lipinski definition) is 2. The van der Waals surface area contributed by atoms with Gasteiger partial charge in [-0.2, -0.15) is 5.10 Å². The summed E-state index contributed by atoms with van der Waals surface area (Å²) >= 11 is 0. The monoisotopic (exact) mass is 211 g/mol. The van der Waals surface area contributed by atoms with E-state index < -0.39 is 5.60 Å². The minimum Gasteiger partial charge on any atom is -0.389 e. The SMILES string of the molecule is CC(NCC(C)(C)O)C(C)n1cccn1. The second-order valence-electron chi connectivity index (χ2n) is 4.71. The van der Waals surface area contributed by atoms with Crippen LogP contribution in [0.1, 0.15) is 33.7 Å². The van der Waals surface area contributed by atoms with Crippen molar-refractivity contribution in [3.05, 3.63) is 18.5 Å². The molecule has 86 valence electrons. The van der Waals surface area contributed by atoms with Crippen LogP contribution in [0.3, 0.4) is 0 Å². The third kappa shape index (κ3) is 4.01. The summed E-state index contributed by atoms with van der Waals surface area (Å²) in [5.74, 6) is 0. The van der Waals surface area contributed by atoms with Gasteiger partial charge in [0, 0.05) is 25.0 Å². The normalized spacial score (nSPS) is 16.3. The Kier molecular flexibility index (Phi) is 3.88. The molecule has 0 bridgehead atoms. The average molecular weight is 211 g/mol. The molecule has 0 aliphatic heterocycles. The second kappa shape index (κ2) is 4.77. The molecule has 2 N–H and O–H groups in total. The van der Waals surface area contributed by atoms with Crippen molar-refractivity contribution in [2.75, 3.05) is 6.54 Å². The van der Waals surface area contributed by atoms with Crippen molar-refractivity contribution < 1.29 is 5.11 Å². The minimum absolute atomic E-state index is 0.274. The highest BCUT2D eigenvalue weighted by atomic mass is 16.3. The molecule has 0 spiro atoms. The summed E-state index contributed by atoms with van der Waals surface area (Å²) in [5.41, 5.74) is -0.669. The zero-order valence-corrected chi connectivity index (χ0v) is 9.94. The quantitative estimate of drug-likeness (QED) is 0.769. The zero-order valence-electron chi connectivity index (χ0n) is 9.94. The summed E-state index contributed by atoms with van der Waals surface area (Å²) in [5, 5.41) is 17.1. The van der Waals surface area contributed by atoms with E-state index in [1.54, 1.807) is 20.0 Å². The molecule has 4 heteroatoms. The fourth-order valence-electron chi connectivity index (χ4n) is 1.33. The molecule has 0 aliphatic rings. The number of nitrogens with one attached hydrogen (secondary N) is 1. The van der Waals surface area contributed by atoms with Gasteiger partial charge in [-0.15, -0.1) is 0 Å². The van der Waals surface area contributed by atoms with Gasteiger partial charge in [0.25, 0.3) is 0 Å². The predicted molar refractivity (Wildman–Crippen MR) is 60.7 cm³/mol. The molecule has 15 heavy (non-hydrogen) atoms. The van der Waals surface area contributed by atoms with E-state index in [0.717, 1.165) is 0 Å². The van der Waals surface area contributed by atoms with Gasteiger partial charge < -0.3 is 10.4 Å². The van der Waals surface area contributed by atoms with Gasteiger partial charge in [0.05, 0.1) is 11.6 Å². The maximum absolute atomic E-state index is 9.59. The molecule has 0 radical (unpaired) electrons. The van der Waals surface area contributed by atoms with Gasteiger partial charge in [0.15, 0.2) is 0 Å². The number of rotatable bonds is 5. The standard InChI is InChI=1S/C11H21N3O/c1-9(12-8-11(3,4)15)10(2)14-7-5-6-13-14/h5-7,9-10,12,15H,8H2,1-4H3. The van der Waals surface area contributed by atoms with Crippen molar-refractivity contribution in [3.8, 4) is 0 Å². The minimum atomic E-state index is -0.669. The molecule has 2 unspecified atom stereocenters. The molecular weight excluding hydrogens is 190 g/mol. The summed E-state index contributed by atoms with van der Waals surface area (Å²) in [6.07, 6.45) is 3.73. The van der Waals surface area contributed by atoms with Gasteiger partial charge in [0.1, 0.15) is 0 Å². The third-order valence-electron chi connectivity index (χ3n) is 2.52. The molecule has 0 aliphatic carbocycles. The first kappa shape index (κ1) is 12.2. The summed E-state index contributed by atoms with van der Waals surface area (Å²) in [6, 6.07) is 2.47. The van der Waals surface area contributed by atoms with Crippen molar-refractivity contribution in [3.63, 3.8) is 0 Å². The highest BCUT2D eigenvalue weighted by molar-refractivity contribution is 4.84.